The lowest BCUT2D eigenvalue weighted by Gasteiger charge is -2.25. The first-order chi connectivity index (χ1) is 13.6. The molecule has 1 atom stereocenters. The maximum Gasteiger partial charge on any atom is 0.226 e. The Labute approximate surface area is 162 Å². The molecular formula is C20H21N3O5. The van der Waals surface area contributed by atoms with Gasteiger partial charge in [-0.1, -0.05) is 0 Å². The minimum atomic E-state index is -0.178. The molecule has 1 aliphatic heterocycles. The maximum absolute atomic E-state index is 12.4. The van der Waals surface area contributed by atoms with Crippen LogP contribution in [0.2, 0.25) is 0 Å². The Morgan fingerprint density at radius 3 is 2.57 bits per heavy atom. The lowest BCUT2D eigenvalue weighted by atomic mass is 9.87. The van der Waals surface area contributed by atoms with Crippen molar-refractivity contribution in [1.29, 1.82) is 0 Å². The molecule has 0 fully saturated rings. The number of rotatable bonds is 6. The van der Waals surface area contributed by atoms with Gasteiger partial charge in [-0.25, -0.2) is 4.68 Å². The number of carbonyl (C=O) groups is 1. The molecule has 2 aromatic heterocycles. The zero-order valence-corrected chi connectivity index (χ0v) is 15.9. The average molecular weight is 383 g/mol. The van der Waals surface area contributed by atoms with Crippen molar-refractivity contribution in [2.45, 2.75) is 18.9 Å². The van der Waals surface area contributed by atoms with Gasteiger partial charge in [0.25, 0.3) is 0 Å². The summed E-state index contributed by atoms with van der Waals surface area (Å²) in [6, 6.07) is 7.44. The predicted octanol–water partition coefficient (Wildman–Crippen LogP) is 3.02. The van der Waals surface area contributed by atoms with Crippen LogP contribution in [-0.2, 0) is 11.3 Å². The molecule has 0 unspecified atom stereocenters. The van der Waals surface area contributed by atoms with Gasteiger partial charge in [0.2, 0.25) is 11.7 Å². The van der Waals surface area contributed by atoms with Crippen molar-refractivity contribution in [3.8, 4) is 17.2 Å². The number of aromatic nitrogens is 2. The van der Waals surface area contributed by atoms with E-state index in [1.165, 1.54) is 0 Å². The summed E-state index contributed by atoms with van der Waals surface area (Å²) in [5.41, 5.74) is 1.82. The average Bonchev–Trinajstić information content (AvgIpc) is 3.37. The monoisotopic (exact) mass is 383 g/mol. The van der Waals surface area contributed by atoms with Crippen molar-refractivity contribution < 1.29 is 23.4 Å². The van der Waals surface area contributed by atoms with Gasteiger partial charge in [0.05, 0.1) is 33.8 Å². The van der Waals surface area contributed by atoms with E-state index in [2.05, 4.69) is 10.4 Å². The number of fused-ring (bicyclic) bond motifs is 1. The molecule has 3 aromatic rings. The molecule has 1 N–H and O–H groups in total. The van der Waals surface area contributed by atoms with Crippen LogP contribution in [0, 0.1) is 0 Å². The van der Waals surface area contributed by atoms with Gasteiger partial charge in [0, 0.05) is 17.9 Å². The second-order valence-corrected chi connectivity index (χ2v) is 6.45. The molecule has 1 amide bonds. The van der Waals surface area contributed by atoms with Crippen LogP contribution in [0.4, 0.5) is 5.82 Å². The van der Waals surface area contributed by atoms with Crippen LogP contribution in [-0.4, -0.2) is 37.0 Å². The van der Waals surface area contributed by atoms with Gasteiger partial charge in [-0.05, 0) is 29.8 Å². The highest BCUT2D eigenvalue weighted by molar-refractivity contribution is 5.94. The predicted molar refractivity (Wildman–Crippen MR) is 101 cm³/mol. The van der Waals surface area contributed by atoms with Gasteiger partial charge in [-0.15, -0.1) is 0 Å². The van der Waals surface area contributed by atoms with E-state index in [1.54, 1.807) is 38.5 Å². The summed E-state index contributed by atoms with van der Waals surface area (Å²) in [5, 5.41) is 7.39. The van der Waals surface area contributed by atoms with E-state index in [0.29, 0.717) is 36.0 Å². The number of nitrogens with one attached hydrogen (secondary N) is 1. The molecule has 4 rings (SSSR count). The van der Waals surface area contributed by atoms with E-state index in [4.69, 9.17) is 18.6 Å². The van der Waals surface area contributed by atoms with Crippen molar-refractivity contribution >= 4 is 11.7 Å². The van der Waals surface area contributed by atoms with Gasteiger partial charge >= 0.3 is 0 Å². The molecule has 0 saturated carbocycles. The second-order valence-electron chi connectivity index (χ2n) is 6.45. The SMILES string of the molecule is COc1cc([C@@H]2CC(=O)Nc3c2cnn3Cc2ccco2)cc(OC)c1OC. The normalized spacial score (nSPS) is 15.7. The molecule has 0 aliphatic carbocycles. The van der Waals surface area contributed by atoms with Crippen LogP contribution >= 0.6 is 0 Å². The second kappa shape index (κ2) is 7.30. The molecule has 8 nitrogen and oxygen atoms in total. The van der Waals surface area contributed by atoms with Crippen LogP contribution in [0.3, 0.4) is 0 Å². The van der Waals surface area contributed by atoms with Gasteiger partial charge in [-0.3, -0.25) is 4.79 Å². The summed E-state index contributed by atoms with van der Waals surface area (Å²) in [5.74, 6) is 2.79. The van der Waals surface area contributed by atoms with E-state index < -0.39 is 0 Å². The number of amides is 1. The molecule has 0 radical (unpaired) electrons. The highest BCUT2D eigenvalue weighted by Gasteiger charge is 2.31. The number of hydrogen-bond donors (Lipinski definition) is 1. The maximum atomic E-state index is 12.4. The number of benzene rings is 1. The fourth-order valence-electron chi connectivity index (χ4n) is 3.54. The Hall–Kier alpha value is -3.42. The van der Waals surface area contributed by atoms with E-state index in [9.17, 15) is 4.79 Å². The number of nitrogens with zero attached hydrogens (tertiary/aromatic N) is 2. The van der Waals surface area contributed by atoms with E-state index >= 15 is 0 Å². The van der Waals surface area contributed by atoms with E-state index in [1.807, 2.05) is 24.3 Å². The standard InChI is InChI=1S/C20H21N3O5/c1-25-16-7-12(8-17(26-2)19(16)27-3)14-9-18(24)22-20-15(14)10-21-23(20)11-13-5-4-6-28-13/h4-8,10,14H,9,11H2,1-3H3,(H,22,24)/t14-/m0/s1. The highest BCUT2D eigenvalue weighted by Crippen LogP contribution is 2.44. The summed E-state index contributed by atoms with van der Waals surface area (Å²) in [7, 11) is 4.70. The number of methoxy groups -OCH3 is 3. The topological polar surface area (TPSA) is 87.8 Å². The summed E-state index contributed by atoms with van der Waals surface area (Å²) in [4.78, 5) is 12.4. The third-order valence-electron chi connectivity index (χ3n) is 4.87. The van der Waals surface area contributed by atoms with Crippen LogP contribution in [0.1, 0.15) is 29.2 Å². The molecular weight excluding hydrogens is 362 g/mol. The molecule has 0 saturated heterocycles. The Morgan fingerprint density at radius 2 is 1.96 bits per heavy atom. The molecule has 3 heterocycles. The fourth-order valence-corrected chi connectivity index (χ4v) is 3.54. The number of hydrogen-bond acceptors (Lipinski definition) is 6. The van der Waals surface area contributed by atoms with Crippen LogP contribution < -0.4 is 19.5 Å². The molecule has 0 spiro atoms. The zero-order valence-electron chi connectivity index (χ0n) is 15.9. The zero-order chi connectivity index (χ0) is 19.7. The van der Waals surface area contributed by atoms with Crippen molar-refractivity contribution in [3.05, 3.63) is 53.6 Å². The molecule has 146 valence electrons. The minimum Gasteiger partial charge on any atom is -0.493 e. The highest BCUT2D eigenvalue weighted by atomic mass is 16.5. The Bertz CT molecular complexity index is 968. The van der Waals surface area contributed by atoms with Crippen LogP contribution in [0.5, 0.6) is 17.2 Å². The minimum absolute atomic E-state index is 0.0764. The van der Waals surface area contributed by atoms with Crippen LogP contribution in [0.25, 0.3) is 0 Å². The van der Waals surface area contributed by atoms with Gasteiger partial charge in [0.1, 0.15) is 18.1 Å². The van der Waals surface area contributed by atoms with Crippen molar-refractivity contribution in [2.24, 2.45) is 0 Å². The number of furan rings is 1. The number of anilines is 1. The van der Waals surface area contributed by atoms with Gasteiger partial charge < -0.3 is 23.9 Å². The Balaban J connectivity index is 1.76. The van der Waals surface area contributed by atoms with Crippen molar-refractivity contribution in [3.63, 3.8) is 0 Å². The van der Waals surface area contributed by atoms with Crippen molar-refractivity contribution in [2.75, 3.05) is 26.6 Å². The first-order valence-electron chi connectivity index (χ1n) is 8.82. The lowest BCUT2D eigenvalue weighted by Crippen LogP contribution is -2.25. The summed E-state index contributed by atoms with van der Waals surface area (Å²) in [6.07, 6.45) is 3.70. The Kier molecular flexibility index (Phi) is 4.68. The molecule has 0 bridgehead atoms. The summed E-state index contributed by atoms with van der Waals surface area (Å²) in [6.45, 7) is 0.435. The third-order valence-corrected chi connectivity index (χ3v) is 4.87. The fraction of sp³-hybridized carbons (Fsp3) is 0.300. The summed E-state index contributed by atoms with van der Waals surface area (Å²) < 4.78 is 23.5. The number of ether oxygens (including phenoxy) is 3. The third kappa shape index (κ3) is 3.06. The first-order valence-corrected chi connectivity index (χ1v) is 8.82. The van der Waals surface area contributed by atoms with Crippen molar-refractivity contribution in [1.82, 2.24) is 9.78 Å². The lowest BCUT2D eigenvalue weighted by molar-refractivity contribution is -0.116. The van der Waals surface area contributed by atoms with E-state index in [0.717, 1.165) is 16.9 Å². The quantitative estimate of drug-likeness (QED) is 0.704. The largest absolute Gasteiger partial charge is 0.493 e. The molecule has 1 aromatic carbocycles. The Morgan fingerprint density at radius 1 is 1.21 bits per heavy atom. The van der Waals surface area contributed by atoms with E-state index in [-0.39, 0.29) is 11.8 Å². The molecule has 8 heteroatoms. The van der Waals surface area contributed by atoms with Gasteiger partial charge in [-0.2, -0.15) is 5.10 Å². The smallest absolute Gasteiger partial charge is 0.226 e. The van der Waals surface area contributed by atoms with Gasteiger partial charge in [0.15, 0.2) is 11.5 Å². The summed E-state index contributed by atoms with van der Waals surface area (Å²) >= 11 is 0. The van der Waals surface area contributed by atoms with Crippen LogP contribution in [0.15, 0.2) is 41.1 Å². The first kappa shape index (κ1) is 18.0. The molecule has 28 heavy (non-hydrogen) atoms. The number of carbonyl (C=O) groups excluding carboxylic acids is 1. The molecule has 1 aliphatic rings.